The Morgan fingerprint density at radius 3 is 2.72 bits per heavy atom. The number of hydrogen-bond acceptors (Lipinski definition) is 4. The molecule has 1 saturated heterocycles. The van der Waals surface area contributed by atoms with Gasteiger partial charge in [0.25, 0.3) is 5.91 Å². The van der Waals surface area contributed by atoms with Crippen molar-refractivity contribution in [1.82, 2.24) is 20.2 Å². The Hall–Kier alpha value is -3.12. The standard InChI is InChI=1S/C26H29FN4O/c27-23-11-8-20(9-12-23)5-3-15-29-26(32)21-10-13-25(30-17-21)22-6-4-16-31(18-22)19-24-7-1-2-14-28-24/h1-2,7-14,17,22H,3-6,15-16,18-19H2,(H,29,32)/t22-/m1/s1. The molecule has 32 heavy (non-hydrogen) atoms. The molecule has 0 saturated carbocycles. The second-order valence-electron chi connectivity index (χ2n) is 8.35. The van der Waals surface area contributed by atoms with Crippen LogP contribution in [0.25, 0.3) is 0 Å². The van der Waals surface area contributed by atoms with Crippen LogP contribution in [0.5, 0.6) is 0 Å². The fraction of sp³-hybridized carbons (Fsp3) is 0.346. The molecule has 5 nitrogen and oxygen atoms in total. The molecule has 1 aromatic carbocycles. The Kier molecular flexibility index (Phi) is 7.56. The second-order valence-corrected chi connectivity index (χ2v) is 8.35. The molecule has 2 aromatic heterocycles. The zero-order valence-corrected chi connectivity index (χ0v) is 18.2. The Morgan fingerprint density at radius 2 is 1.97 bits per heavy atom. The number of nitrogens with zero attached hydrogens (tertiary/aromatic N) is 3. The molecule has 3 heterocycles. The third-order valence-electron chi connectivity index (χ3n) is 5.93. The van der Waals surface area contributed by atoms with Gasteiger partial charge in [0.05, 0.1) is 11.3 Å². The average Bonchev–Trinajstić information content (AvgIpc) is 2.84. The Bertz CT molecular complexity index is 993. The summed E-state index contributed by atoms with van der Waals surface area (Å²) in [6, 6.07) is 16.4. The van der Waals surface area contributed by atoms with Crippen LogP contribution in [0, 0.1) is 5.82 Å². The Labute approximate surface area is 188 Å². The quantitative estimate of drug-likeness (QED) is 0.538. The number of pyridine rings is 2. The van der Waals surface area contributed by atoms with Crippen molar-refractivity contribution < 1.29 is 9.18 Å². The molecule has 0 radical (unpaired) electrons. The van der Waals surface area contributed by atoms with Gasteiger partial charge in [-0.15, -0.1) is 0 Å². The van der Waals surface area contributed by atoms with Crippen LogP contribution in [0.1, 0.15) is 52.5 Å². The van der Waals surface area contributed by atoms with Gasteiger partial charge in [-0.05, 0) is 74.2 Å². The van der Waals surface area contributed by atoms with E-state index in [0.717, 1.165) is 62.3 Å². The van der Waals surface area contributed by atoms with Gasteiger partial charge >= 0.3 is 0 Å². The summed E-state index contributed by atoms with van der Waals surface area (Å²) in [5.74, 6) is 0.0380. The number of nitrogens with one attached hydrogen (secondary N) is 1. The summed E-state index contributed by atoms with van der Waals surface area (Å²) in [5, 5.41) is 2.95. The Balaban J connectivity index is 1.24. The molecule has 1 amide bonds. The topological polar surface area (TPSA) is 58.1 Å². The van der Waals surface area contributed by atoms with Crippen molar-refractivity contribution in [1.29, 1.82) is 0 Å². The lowest BCUT2D eigenvalue weighted by molar-refractivity contribution is 0.0952. The predicted octanol–water partition coefficient (Wildman–Crippen LogP) is 4.36. The predicted molar refractivity (Wildman–Crippen MR) is 123 cm³/mol. The van der Waals surface area contributed by atoms with Gasteiger partial charge in [-0.3, -0.25) is 19.7 Å². The van der Waals surface area contributed by atoms with Gasteiger partial charge in [-0.1, -0.05) is 18.2 Å². The molecule has 166 valence electrons. The SMILES string of the molecule is O=C(NCCCc1ccc(F)cc1)c1ccc([C@@H]2CCCN(Cc3ccccn3)C2)nc1. The first-order valence-electron chi connectivity index (χ1n) is 11.3. The van der Waals surface area contributed by atoms with Gasteiger partial charge in [-0.2, -0.15) is 0 Å². The van der Waals surface area contributed by atoms with Crippen LogP contribution in [-0.4, -0.2) is 40.4 Å². The van der Waals surface area contributed by atoms with Crippen molar-refractivity contribution in [2.45, 2.75) is 38.1 Å². The van der Waals surface area contributed by atoms with Crippen LogP contribution in [0.15, 0.2) is 67.0 Å². The number of benzene rings is 1. The van der Waals surface area contributed by atoms with Gasteiger partial charge < -0.3 is 5.32 Å². The number of likely N-dealkylation sites (tertiary alicyclic amines) is 1. The van der Waals surface area contributed by atoms with Crippen LogP contribution >= 0.6 is 0 Å². The van der Waals surface area contributed by atoms with Gasteiger partial charge in [0.1, 0.15) is 5.82 Å². The molecule has 4 rings (SSSR count). The van der Waals surface area contributed by atoms with Crippen molar-refractivity contribution in [3.05, 3.63) is 95.3 Å². The lowest BCUT2D eigenvalue weighted by atomic mass is 9.94. The maximum atomic E-state index is 13.0. The van der Waals surface area contributed by atoms with Crippen LogP contribution in [-0.2, 0) is 13.0 Å². The highest BCUT2D eigenvalue weighted by atomic mass is 19.1. The minimum absolute atomic E-state index is 0.108. The Morgan fingerprint density at radius 1 is 1.09 bits per heavy atom. The van der Waals surface area contributed by atoms with Gasteiger partial charge in [-0.25, -0.2) is 4.39 Å². The maximum Gasteiger partial charge on any atom is 0.252 e. The normalized spacial score (nSPS) is 16.6. The summed E-state index contributed by atoms with van der Waals surface area (Å²) < 4.78 is 13.0. The van der Waals surface area contributed by atoms with E-state index in [4.69, 9.17) is 0 Å². The van der Waals surface area contributed by atoms with Crippen molar-refractivity contribution in [2.75, 3.05) is 19.6 Å². The first kappa shape index (κ1) is 22.1. The van der Waals surface area contributed by atoms with Crippen molar-refractivity contribution in [2.24, 2.45) is 0 Å². The van der Waals surface area contributed by atoms with Crippen LogP contribution in [0.3, 0.4) is 0 Å². The lowest BCUT2D eigenvalue weighted by Gasteiger charge is -2.32. The van der Waals surface area contributed by atoms with Gasteiger partial charge in [0.15, 0.2) is 0 Å². The number of rotatable bonds is 8. The highest BCUT2D eigenvalue weighted by Crippen LogP contribution is 2.26. The van der Waals surface area contributed by atoms with Crippen molar-refractivity contribution >= 4 is 5.91 Å². The van der Waals surface area contributed by atoms with Gasteiger partial charge in [0, 0.05) is 43.6 Å². The lowest BCUT2D eigenvalue weighted by Crippen LogP contribution is -2.34. The van der Waals surface area contributed by atoms with E-state index in [-0.39, 0.29) is 11.7 Å². The summed E-state index contributed by atoms with van der Waals surface area (Å²) in [6.07, 6.45) is 7.37. The van der Waals surface area contributed by atoms with E-state index in [2.05, 4.69) is 26.3 Å². The van der Waals surface area contributed by atoms with E-state index in [1.165, 1.54) is 12.1 Å². The molecule has 1 atom stereocenters. The summed E-state index contributed by atoms with van der Waals surface area (Å²) in [5.41, 5.74) is 3.78. The number of carbonyl (C=O) groups excluding carboxylic acids is 1. The van der Waals surface area contributed by atoms with E-state index < -0.39 is 0 Å². The largest absolute Gasteiger partial charge is 0.352 e. The number of aryl methyl sites for hydroxylation is 1. The molecule has 1 aliphatic heterocycles. The summed E-state index contributed by atoms with van der Waals surface area (Å²) in [7, 11) is 0. The first-order valence-corrected chi connectivity index (χ1v) is 11.3. The number of halogens is 1. The maximum absolute atomic E-state index is 13.0. The van der Waals surface area contributed by atoms with E-state index in [1.807, 2.05) is 30.5 Å². The van der Waals surface area contributed by atoms with Crippen LogP contribution in [0.4, 0.5) is 4.39 Å². The number of amides is 1. The van der Waals surface area contributed by atoms with Gasteiger partial charge in [0.2, 0.25) is 0 Å². The number of piperidine rings is 1. The summed E-state index contributed by atoms with van der Waals surface area (Å²) in [6.45, 7) is 3.46. The third kappa shape index (κ3) is 6.20. The van der Waals surface area contributed by atoms with E-state index in [9.17, 15) is 9.18 Å². The number of carbonyl (C=O) groups is 1. The third-order valence-corrected chi connectivity index (χ3v) is 5.93. The molecule has 3 aromatic rings. The monoisotopic (exact) mass is 432 g/mol. The zero-order chi connectivity index (χ0) is 22.2. The van der Waals surface area contributed by atoms with Crippen LogP contribution in [0.2, 0.25) is 0 Å². The smallest absolute Gasteiger partial charge is 0.252 e. The molecule has 0 bridgehead atoms. The molecule has 0 unspecified atom stereocenters. The zero-order valence-electron chi connectivity index (χ0n) is 18.2. The van der Waals surface area contributed by atoms with E-state index in [0.29, 0.717) is 18.0 Å². The minimum Gasteiger partial charge on any atom is -0.352 e. The molecular weight excluding hydrogens is 403 g/mol. The fourth-order valence-corrected chi connectivity index (χ4v) is 4.19. The second kappa shape index (κ2) is 11.0. The van der Waals surface area contributed by atoms with E-state index >= 15 is 0 Å². The van der Waals surface area contributed by atoms with E-state index in [1.54, 1.807) is 18.3 Å². The van der Waals surface area contributed by atoms with Crippen LogP contribution < -0.4 is 5.32 Å². The fourth-order valence-electron chi connectivity index (χ4n) is 4.19. The molecular formula is C26H29FN4O. The highest BCUT2D eigenvalue weighted by Gasteiger charge is 2.23. The summed E-state index contributed by atoms with van der Waals surface area (Å²) >= 11 is 0. The molecule has 1 fully saturated rings. The number of hydrogen-bond donors (Lipinski definition) is 1. The molecule has 1 aliphatic rings. The molecule has 0 aliphatic carbocycles. The van der Waals surface area contributed by atoms with Crippen molar-refractivity contribution in [3.8, 4) is 0 Å². The number of aromatic nitrogens is 2. The first-order chi connectivity index (χ1) is 15.7. The molecule has 1 N–H and O–H groups in total. The minimum atomic E-state index is -0.230. The molecule has 0 spiro atoms. The molecule has 6 heteroatoms. The highest BCUT2D eigenvalue weighted by molar-refractivity contribution is 5.93. The summed E-state index contributed by atoms with van der Waals surface area (Å²) in [4.78, 5) is 23.9. The van der Waals surface area contributed by atoms with Crippen molar-refractivity contribution in [3.63, 3.8) is 0 Å². The average molecular weight is 433 g/mol.